The van der Waals surface area contributed by atoms with Gasteiger partial charge in [-0.2, -0.15) is 0 Å². The van der Waals surface area contributed by atoms with Gasteiger partial charge in [-0.15, -0.1) is 23.0 Å². The van der Waals surface area contributed by atoms with Crippen molar-refractivity contribution in [3.05, 3.63) is 37.8 Å². The van der Waals surface area contributed by atoms with Gasteiger partial charge < -0.3 is 5.32 Å². The monoisotopic (exact) mass is 348 g/mol. The third kappa shape index (κ3) is 3.93. The Bertz CT molecular complexity index is 419. The van der Waals surface area contributed by atoms with E-state index >= 15 is 0 Å². The van der Waals surface area contributed by atoms with Crippen molar-refractivity contribution in [2.75, 3.05) is 12.4 Å². The molecular formula is C10H13IN4S. The summed E-state index contributed by atoms with van der Waals surface area (Å²) >= 11 is 1.84. The van der Waals surface area contributed by atoms with Crippen LogP contribution in [0.15, 0.2) is 37.8 Å². The summed E-state index contributed by atoms with van der Waals surface area (Å²) in [5.41, 5.74) is 1.67. The Labute approximate surface area is 113 Å². The topological polar surface area (TPSA) is 50.7 Å². The van der Waals surface area contributed by atoms with Crippen LogP contribution < -0.4 is 5.32 Å². The summed E-state index contributed by atoms with van der Waals surface area (Å²) in [5, 5.41) is 2.96. The van der Waals surface area contributed by atoms with Gasteiger partial charge in [0.15, 0.2) is 5.82 Å². The molecule has 0 aliphatic rings. The lowest BCUT2D eigenvalue weighted by Gasteiger charge is -2.00. The largest absolute Gasteiger partial charge is 0.371 e. The summed E-state index contributed by atoms with van der Waals surface area (Å²) in [6.45, 7) is 6.00. The maximum atomic E-state index is 4.16. The number of nitrogens with one attached hydrogen (secondary N) is 1. The molecule has 0 saturated carbocycles. The Hall–Kier alpha value is -0.890. The van der Waals surface area contributed by atoms with E-state index in [-0.39, 0.29) is 0 Å². The smallest absolute Gasteiger partial charge is 0.155 e. The molecule has 0 atom stereocenters. The van der Waals surface area contributed by atoms with Crippen molar-refractivity contribution in [3.63, 3.8) is 0 Å². The Balaban J connectivity index is 0.000000509. The lowest BCUT2D eigenvalue weighted by Crippen LogP contribution is -1.95. The molecule has 0 spiro atoms. The van der Waals surface area contributed by atoms with Crippen LogP contribution in [-0.4, -0.2) is 22.0 Å². The van der Waals surface area contributed by atoms with E-state index in [9.17, 15) is 0 Å². The molecule has 0 aromatic carbocycles. The van der Waals surface area contributed by atoms with Gasteiger partial charge in [0, 0.05) is 13.2 Å². The highest BCUT2D eigenvalue weighted by atomic mass is 127. The molecule has 4 nitrogen and oxygen atoms in total. The normalized spacial score (nSPS) is 8.19. The standard InChI is InChI=1S/C8H8N4.C2H4.HIS/c1-9-8-7-6(11-5-12-8)3-2-4-10-7;2*1-2/h2-5H,1H3,(H,9,11,12);1-2H2;2H. The fourth-order valence-electron chi connectivity index (χ4n) is 1.08. The molecule has 0 saturated heterocycles. The molecule has 2 rings (SSSR count). The van der Waals surface area contributed by atoms with E-state index in [0.29, 0.717) is 0 Å². The van der Waals surface area contributed by atoms with Crippen LogP contribution in [0.1, 0.15) is 0 Å². The first-order chi connectivity index (χ1) is 7.92. The number of halogens is 1. The average molecular weight is 348 g/mol. The summed E-state index contributed by atoms with van der Waals surface area (Å²) in [6, 6.07) is 3.76. The predicted molar refractivity (Wildman–Crippen MR) is 81.1 cm³/mol. The van der Waals surface area contributed by atoms with Crippen molar-refractivity contribution in [2.24, 2.45) is 0 Å². The van der Waals surface area contributed by atoms with Crippen molar-refractivity contribution in [1.29, 1.82) is 0 Å². The predicted octanol–water partition coefficient (Wildman–Crippen LogP) is 3.13. The zero-order valence-corrected chi connectivity index (χ0v) is 11.9. The van der Waals surface area contributed by atoms with E-state index in [0.717, 1.165) is 16.9 Å². The van der Waals surface area contributed by atoms with E-state index in [4.69, 9.17) is 0 Å². The van der Waals surface area contributed by atoms with Gasteiger partial charge in [-0.05, 0) is 33.3 Å². The summed E-state index contributed by atoms with van der Waals surface area (Å²) in [4.78, 5) is 12.3. The minimum absolute atomic E-state index is 0.764. The fourth-order valence-corrected chi connectivity index (χ4v) is 1.08. The Morgan fingerprint density at radius 2 is 1.94 bits per heavy atom. The Morgan fingerprint density at radius 1 is 1.25 bits per heavy atom. The van der Waals surface area contributed by atoms with Gasteiger partial charge in [-0.1, -0.05) is 0 Å². The number of fused-ring (bicyclic) bond motifs is 1. The van der Waals surface area contributed by atoms with Gasteiger partial charge >= 0.3 is 0 Å². The molecule has 2 heterocycles. The van der Waals surface area contributed by atoms with Crippen LogP contribution in [0, 0.1) is 0 Å². The average Bonchev–Trinajstić information content (AvgIpc) is 2.42. The second kappa shape index (κ2) is 9.34. The van der Waals surface area contributed by atoms with Crippen molar-refractivity contribution in [1.82, 2.24) is 15.0 Å². The lowest BCUT2D eigenvalue weighted by molar-refractivity contribution is 1.19. The molecule has 2 aromatic heterocycles. The van der Waals surface area contributed by atoms with Crippen molar-refractivity contribution >= 4 is 47.9 Å². The number of aromatic nitrogens is 3. The van der Waals surface area contributed by atoms with Gasteiger partial charge in [0.25, 0.3) is 0 Å². The highest BCUT2D eigenvalue weighted by molar-refractivity contribution is 14.2. The first kappa shape index (κ1) is 15.1. The molecule has 0 amide bonds. The molecule has 0 aliphatic carbocycles. The number of rotatable bonds is 1. The SMILES string of the molecule is C=C.CNc1ncnc2cccnc12.SI. The summed E-state index contributed by atoms with van der Waals surface area (Å²) in [5.74, 6) is 0.764. The van der Waals surface area contributed by atoms with E-state index in [1.807, 2.05) is 40.4 Å². The zero-order chi connectivity index (χ0) is 12.4. The van der Waals surface area contributed by atoms with Crippen LogP contribution in [0.4, 0.5) is 5.82 Å². The number of thiol groups is 1. The third-order valence-electron chi connectivity index (χ3n) is 1.63. The van der Waals surface area contributed by atoms with E-state index in [1.165, 1.54) is 6.33 Å². The minimum atomic E-state index is 0.764. The molecule has 0 aliphatic heterocycles. The number of pyridine rings is 1. The first-order valence-electron chi connectivity index (χ1n) is 4.32. The summed E-state index contributed by atoms with van der Waals surface area (Å²) < 4.78 is 0. The molecule has 6 heteroatoms. The van der Waals surface area contributed by atoms with Crippen LogP contribution in [0.2, 0.25) is 0 Å². The second-order valence-corrected chi connectivity index (χ2v) is 2.34. The zero-order valence-electron chi connectivity index (χ0n) is 8.89. The quantitative estimate of drug-likeness (QED) is 0.472. The van der Waals surface area contributed by atoms with Gasteiger partial charge in [-0.3, -0.25) is 4.98 Å². The molecule has 86 valence electrons. The second-order valence-electron chi connectivity index (χ2n) is 2.34. The van der Waals surface area contributed by atoms with Crippen LogP contribution in [0.5, 0.6) is 0 Å². The lowest BCUT2D eigenvalue weighted by atomic mass is 10.3. The number of anilines is 1. The van der Waals surface area contributed by atoms with Crippen LogP contribution >= 0.6 is 31.0 Å². The maximum absolute atomic E-state index is 4.16. The molecule has 0 bridgehead atoms. The van der Waals surface area contributed by atoms with Crippen molar-refractivity contribution in [2.45, 2.75) is 0 Å². The summed E-state index contributed by atoms with van der Waals surface area (Å²) in [6.07, 6.45) is 3.25. The summed E-state index contributed by atoms with van der Waals surface area (Å²) in [7, 11) is 5.31. The fraction of sp³-hybridized carbons (Fsp3) is 0.100. The maximum Gasteiger partial charge on any atom is 0.155 e. The molecule has 0 radical (unpaired) electrons. The van der Waals surface area contributed by atoms with E-state index in [1.54, 1.807) is 6.20 Å². The molecule has 1 N–H and O–H groups in total. The van der Waals surface area contributed by atoms with Crippen LogP contribution in [-0.2, 0) is 0 Å². The highest BCUT2D eigenvalue weighted by Crippen LogP contribution is 2.13. The van der Waals surface area contributed by atoms with Gasteiger partial charge in [0.1, 0.15) is 11.8 Å². The number of hydrogen-bond acceptors (Lipinski definition) is 5. The molecular weight excluding hydrogens is 335 g/mol. The van der Waals surface area contributed by atoms with Crippen molar-refractivity contribution in [3.8, 4) is 0 Å². The Kier molecular flexibility index (Phi) is 8.82. The van der Waals surface area contributed by atoms with Crippen molar-refractivity contribution < 1.29 is 0 Å². The molecule has 16 heavy (non-hydrogen) atoms. The van der Waals surface area contributed by atoms with Gasteiger partial charge in [0.2, 0.25) is 0 Å². The Morgan fingerprint density at radius 3 is 2.56 bits per heavy atom. The number of nitrogens with zero attached hydrogens (tertiary/aromatic N) is 3. The molecule has 0 fully saturated rings. The van der Waals surface area contributed by atoms with Crippen LogP contribution in [0.25, 0.3) is 11.0 Å². The van der Waals surface area contributed by atoms with Gasteiger partial charge in [0.05, 0.1) is 5.52 Å². The van der Waals surface area contributed by atoms with E-state index < -0.39 is 0 Å². The highest BCUT2D eigenvalue weighted by Gasteiger charge is 1.99. The van der Waals surface area contributed by atoms with Crippen LogP contribution in [0.3, 0.4) is 0 Å². The van der Waals surface area contributed by atoms with E-state index in [2.05, 4.69) is 43.2 Å². The van der Waals surface area contributed by atoms with Gasteiger partial charge in [-0.25, -0.2) is 9.97 Å². The third-order valence-corrected chi connectivity index (χ3v) is 1.63. The number of hydrogen-bond donors (Lipinski definition) is 2. The minimum Gasteiger partial charge on any atom is -0.371 e. The first-order valence-corrected chi connectivity index (χ1v) is 7.55. The molecule has 0 unspecified atom stereocenters. The molecule has 2 aromatic rings.